The molecule has 1 amide bonds. The second kappa shape index (κ2) is 9.13. The second-order valence-electron chi connectivity index (χ2n) is 7.43. The number of likely N-dealkylation sites (tertiary alicyclic amines) is 1. The van der Waals surface area contributed by atoms with Gasteiger partial charge in [0.05, 0.1) is 12.2 Å². The van der Waals surface area contributed by atoms with Crippen molar-refractivity contribution in [2.24, 2.45) is 5.92 Å². The first-order valence-electron chi connectivity index (χ1n) is 9.76. The fraction of sp³-hybridized carbons (Fsp3) is 0.524. The molecule has 1 fully saturated rings. The van der Waals surface area contributed by atoms with E-state index in [0.29, 0.717) is 18.0 Å². The molecule has 1 aliphatic rings. The molecule has 1 saturated heterocycles. The van der Waals surface area contributed by atoms with Crippen molar-refractivity contribution in [3.05, 3.63) is 47.1 Å². The maximum absolute atomic E-state index is 13.2. The van der Waals surface area contributed by atoms with Crippen LogP contribution in [0.2, 0.25) is 0 Å². The first-order chi connectivity index (χ1) is 13.0. The zero-order chi connectivity index (χ0) is 19.2. The Kier molecular flexibility index (Phi) is 6.61. The van der Waals surface area contributed by atoms with Crippen molar-refractivity contribution in [1.29, 1.82) is 0 Å². The molecule has 27 heavy (non-hydrogen) atoms. The Morgan fingerprint density at radius 3 is 3.00 bits per heavy atom. The average Bonchev–Trinajstić information content (AvgIpc) is 3.10. The molecule has 146 valence electrons. The van der Waals surface area contributed by atoms with Crippen molar-refractivity contribution in [3.63, 3.8) is 0 Å². The van der Waals surface area contributed by atoms with Crippen molar-refractivity contribution < 1.29 is 13.7 Å². The van der Waals surface area contributed by atoms with Gasteiger partial charge >= 0.3 is 0 Å². The van der Waals surface area contributed by atoms with E-state index in [4.69, 9.17) is 4.52 Å². The Morgan fingerprint density at radius 1 is 1.41 bits per heavy atom. The van der Waals surface area contributed by atoms with Crippen molar-refractivity contribution >= 4 is 11.6 Å². The van der Waals surface area contributed by atoms with Gasteiger partial charge < -0.3 is 9.84 Å². The summed E-state index contributed by atoms with van der Waals surface area (Å²) in [7, 11) is 0. The highest BCUT2D eigenvalue weighted by Gasteiger charge is 2.22. The molecule has 1 aliphatic heterocycles. The topological polar surface area (TPSA) is 58.4 Å². The van der Waals surface area contributed by atoms with E-state index in [1.54, 1.807) is 13.0 Å². The van der Waals surface area contributed by atoms with Crippen LogP contribution in [-0.4, -0.2) is 29.1 Å². The van der Waals surface area contributed by atoms with E-state index in [0.717, 1.165) is 62.3 Å². The lowest BCUT2D eigenvalue weighted by Gasteiger charge is -2.31. The molecule has 0 radical (unpaired) electrons. The van der Waals surface area contributed by atoms with E-state index in [-0.39, 0.29) is 11.7 Å². The van der Waals surface area contributed by atoms with Crippen LogP contribution in [0.15, 0.2) is 28.8 Å². The summed E-state index contributed by atoms with van der Waals surface area (Å²) >= 11 is 0. The molecule has 3 rings (SSSR count). The lowest BCUT2D eigenvalue weighted by molar-refractivity contribution is -0.116. The van der Waals surface area contributed by atoms with Crippen molar-refractivity contribution in [1.82, 2.24) is 10.1 Å². The molecule has 2 heterocycles. The summed E-state index contributed by atoms with van der Waals surface area (Å²) in [4.78, 5) is 14.6. The number of amides is 1. The average molecular weight is 373 g/mol. The van der Waals surface area contributed by atoms with E-state index in [2.05, 4.69) is 22.3 Å². The van der Waals surface area contributed by atoms with Gasteiger partial charge in [-0.05, 0) is 68.8 Å². The number of anilines is 1. The minimum absolute atomic E-state index is 0.00958. The number of carbonyl (C=O) groups excluding carboxylic acids is 1. The number of nitrogens with zero attached hydrogens (tertiary/aromatic N) is 2. The van der Waals surface area contributed by atoms with Gasteiger partial charge in [0.1, 0.15) is 5.82 Å². The Morgan fingerprint density at radius 2 is 2.26 bits per heavy atom. The van der Waals surface area contributed by atoms with Crippen LogP contribution >= 0.6 is 0 Å². The summed E-state index contributed by atoms with van der Waals surface area (Å²) in [5, 5.41) is 6.95. The molecule has 0 aliphatic carbocycles. The van der Waals surface area contributed by atoms with Crippen LogP contribution in [0.4, 0.5) is 10.1 Å². The van der Waals surface area contributed by atoms with E-state index >= 15 is 0 Å². The van der Waals surface area contributed by atoms with Crippen molar-refractivity contribution in [2.45, 2.75) is 52.5 Å². The van der Waals surface area contributed by atoms with E-state index in [1.165, 1.54) is 12.1 Å². The molecular formula is C21H28FN3O2. The fourth-order valence-electron chi connectivity index (χ4n) is 3.66. The first-order valence-corrected chi connectivity index (χ1v) is 9.76. The Bertz CT molecular complexity index is 775. The molecule has 6 heteroatoms. The molecule has 0 saturated carbocycles. The number of hydrogen-bond acceptors (Lipinski definition) is 4. The SMILES string of the molecule is CCc1cc(CN2CCCC(CCC(=O)Nc3ccc(F)cc3C)C2)on1. The van der Waals surface area contributed by atoms with Crippen LogP contribution in [0.25, 0.3) is 0 Å². The minimum atomic E-state index is -0.286. The largest absolute Gasteiger partial charge is 0.360 e. The molecule has 1 aromatic carbocycles. The normalized spacial score (nSPS) is 17.8. The zero-order valence-electron chi connectivity index (χ0n) is 16.1. The number of carbonyl (C=O) groups is 1. The van der Waals surface area contributed by atoms with Crippen LogP contribution in [0.1, 0.15) is 49.6 Å². The van der Waals surface area contributed by atoms with Crippen LogP contribution < -0.4 is 5.32 Å². The van der Waals surface area contributed by atoms with Gasteiger partial charge in [0, 0.05) is 24.7 Å². The molecule has 1 atom stereocenters. The maximum Gasteiger partial charge on any atom is 0.224 e. The van der Waals surface area contributed by atoms with Gasteiger partial charge in [-0.2, -0.15) is 0 Å². The number of piperidine rings is 1. The van der Waals surface area contributed by atoms with Gasteiger partial charge in [0.25, 0.3) is 0 Å². The highest BCUT2D eigenvalue weighted by Crippen LogP contribution is 2.23. The molecule has 1 aromatic heterocycles. The first kappa shape index (κ1) is 19.5. The number of hydrogen-bond donors (Lipinski definition) is 1. The Balaban J connectivity index is 1.45. The van der Waals surface area contributed by atoms with Crippen LogP contribution in [0.5, 0.6) is 0 Å². The lowest BCUT2D eigenvalue weighted by Crippen LogP contribution is -2.35. The molecule has 1 N–H and O–H groups in total. The van der Waals surface area contributed by atoms with Gasteiger partial charge in [-0.25, -0.2) is 4.39 Å². The van der Waals surface area contributed by atoms with Gasteiger partial charge in [-0.15, -0.1) is 0 Å². The quantitative estimate of drug-likeness (QED) is 0.785. The molecule has 0 bridgehead atoms. The van der Waals surface area contributed by atoms with Gasteiger partial charge in [0.2, 0.25) is 5.91 Å². The number of aromatic nitrogens is 1. The zero-order valence-corrected chi connectivity index (χ0v) is 16.1. The summed E-state index contributed by atoms with van der Waals surface area (Å²) in [6.07, 6.45) is 4.51. The summed E-state index contributed by atoms with van der Waals surface area (Å²) in [5.74, 6) is 1.12. The Hall–Kier alpha value is -2.21. The van der Waals surface area contributed by atoms with E-state index in [1.807, 2.05) is 6.07 Å². The lowest BCUT2D eigenvalue weighted by atomic mass is 9.93. The minimum Gasteiger partial charge on any atom is -0.360 e. The van der Waals surface area contributed by atoms with Gasteiger partial charge in [-0.1, -0.05) is 12.1 Å². The number of halogens is 1. The molecule has 0 spiro atoms. The van der Waals surface area contributed by atoms with Crippen molar-refractivity contribution in [2.75, 3.05) is 18.4 Å². The third kappa shape index (κ3) is 5.63. The summed E-state index contributed by atoms with van der Waals surface area (Å²) in [5.41, 5.74) is 2.42. The maximum atomic E-state index is 13.2. The van der Waals surface area contributed by atoms with Crippen LogP contribution in [0, 0.1) is 18.7 Å². The number of aryl methyl sites for hydroxylation is 2. The number of rotatable bonds is 7. The number of benzene rings is 1. The molecular weight excluding hydrogens is 345 g/mol. The van der Waals surface area contributed by atoms with Crippen LogP contribution in [-0.2, 0) is 17.8 Å². The van der Waals surface area contributed by atoms with E-state index in [9.17, 15) is 9.18 Å². The summed E-state index contributed by atoms with van der Waals surface area (Å²) < 4.78 is 18.6. The van der Waals surface area contributed by atoms with E-state index < -0.39 is 0 Å². The number of nitrogens with one attached hydrogen (secondary N) is 1. The highest BCUT2D eigenvalue weighted by molar-refractivity contribution is 5.91. The predicted octanol–water partition coefficient (Wildman–Crippen LogP) is 4.32. The molecule has 2 aromatic rings. The summed E-state index contributed by atoms with van der Waals surface area (Å²) in [6.45, 7) is 6.68. The third-order valence-corrected chi connectivity index (χ3v) is 5.19. The van der Waals surface area contributed by atoms with Crippen molar-refractivity contribution in [3.8, 4) is 0 Å². The van der Waals surface area contributed by atoms with Gasteiger partial charge in [-0.3, -0.25) is 9.69 Å². The predicted molar refractivity (Wildman–Crippen MR) is 103 cm³/mol. The highest BCUT2D eigenvalue weighted by atomic mass is 19.1. The second-order valence-corrected chi connectivity index (χ2v) is 7.43. The Labute approximate surface area is 159 Å². The van der Waals surface area contributed by atoms with Gasteiger partial charge in [0.15, 0.2) is 5.76 Å². The third-order valence-electron chi connectivity index (χ3n) is 5.19. The molecule has 1 unspecified atom stereocenters. The standard InChI is InChI=1S/C21H28FN3O2/c1-3-18-12-19(27-24-18)14-25-10-4-5-16(13-25)6-9-21(26)23-20-8-7-17(22)11-15(20)2/h7-8,11-12,16H,3-6,9-10,13-14H2,1-2H3,(H,23,26). The smallest absolute Gasteiger partial charge is 0.224 e. The fourth-order valence-corrected chi connectivity index (χ4v) is 3.66. The molecule has 5 nitrogen and oxygen atoms in total. The monoisotopic (exact) mass is 373 g/mol. The van der Waals surface area contributed by atoms with Crippen LogP contribution in [0.3, 0.4) is 0 Å². The summed E-state index contributed by atoms with van der Waals surface area (Å²) in [6, 6.07) is 6.45.